The Kier molecular flexibility index (Phi) is 3.85. The molecule has 0 aromatic heterocycles. The summed E-state index contributed by atoms with van der Waals surface area (Å²) in [5, 5.41) is 0. The van der Waals surface area contributed by atoms with Crippen LogP contribution < -0.4 is 10.9 Å². The molecular formula is C11H14N2O2. The van der Waals surface area contributed by atoms with Gasteiger partial charge in [-0.05, 0) is 26.0 Å². The third kappa shape index (κ3) is 3.42. The van der Waals surface area contributed by atoms with Gasteiger partial charge >= 0.3 is 0 Å². The topological polar surface area (TPSA) is 58.2 Å². The van der Waals surface area contributed by atoms with Crippen molar-refractivity contribution in [3.8, 4) is 0 Å². The van der Waals surface area contributed by atoms with Gasteiger partial charge in [0.1, 0.15) is 5.78 Å². The molecule has 1 aromatic carbocycles. The van der Waals surface area contributed by atoms with E-state index < -0.39 is 5.92 Å². The fourth-order valence-corrected chi connectivity index (χ4v) is 0.948. The molecule has 1 atom stereocenters. The Labute approximate surface area is 88.6 Å². The number of carbonyl (C=O) groups is 2. The Morgan fingerprint density at radius 3 is 2.33 bits per heavy atom. The summed E-state index contributed by atoms with van der Waals surface area (Å²) in [5.74, 6) is -1.10. The van der Waals surface area contributed by atoms with E-state index in [0.29, 0.717) is 0 Å². The summed E-state index contributed by atoms with van der Waals surface area (Å²) in [7, 11) is 0. The van der Waals surface area contributed by atoms with Crippen molar-refractivity contribution in [2.75, 3.05) is 5.43 Å². The molecule has 0 aliphatic carbocycles. The predicted molar refractivity (Wildman–Crippen MR) is 58.1 cm³/mol. The SMILES string of the molecule is CC(=O)C(C)C(=O)NNc1ccccc1. The van der Waals surface area contributed by atoms with Crippen LogP contribution in [0.15, 0.2) is 30.3 Å². The second kappa shape index (κ2) is 5.14. The van der Waals surface area contributed by atoms with Gasteiger partial charge in [-0.25, -0.2) is 0 Å². The average molecular weight is 206 g/mol. The highest BCUT2D eigenvalue weighted by molar-refractivity contribution is 6.00. The number of hydrogen-bond donors (Lipinski definition) is 2. The second-order valence-corrected chi connectivity index (χ2v) is 3.31. The van der Waals surface area contributed by atoms with Crippen LogP contribution in [0.2, 0.25) is 0 Å². The minimum absolute atomic E-state index is 0.151. The first-order valence-electron chi connectivity index (χ1n) is 4.72. The van der Waals surface area contributed by atoms with Crippen LogP contribution in [-0.4, -0.2) is 11.7 Å². The summed E-state index contributed by atoms with van der Waals surface area (Å²) < 4.78 is 0. The predicted octanol–water partition coefficient (Wildman–Crippen LogP) is 1.35. The summed E-state index contributed by atoms with van der Waals surface area (Å²) in [5.41, 5.74) is 5.98. The number of ketones is 1. The number of benzene rings is 1. The van der Waals surface area contributed by atoms with Crippen LogP contribution in [0.3, 0.4) is 0 Å². The van der Waals surface area contributed by atoms with Gasteiger partial charge in [-0.15, -0.1) is 0 Å². The van der Waals surface area contributed by atoms with Gasteiger partial charge in [-0.1, -0.05) is 18.2 Å². The molecule has 0 radical (unpaired) electrons. The van der Waals surface area contributed by atoms with Crippen LogP contribution in [0, 0.1) is 5.92 Å². The lowest BCUT2D eigenvalue weighted by Gasteiger charge is -2.11. The zero-order valence-corrected chi connectivity index (χ0v) is 8.78. The molecule has 0 heterocycles. The van der Waals surface area contributed by atoms with E-state index >= 15 is 0 Å². The third-order valence-corrected chi connectivity index (χ3v) is 2.11. The molecule has 1 unspecified atom stereocenters. The van der Waals surface area contributed by atoms with Crippen molar-refractivity contribution in [2.24, 2.45) is 5.92 Å². The Morgan fingerprint density at radius 1 is 1.20 bits per heavy atom. The third-order valence-electron chi connectivity index (χ3n) is 2.11. The number of hydrogen-bond acceptors (Lipinski definition) is 3. The first-order valence-corrected chi connectivity index (χ1v) is 4.72. The Morgan fingerprint density at radius 2 is 1.80 bits per heavy atom. The van der Waals surface area contributed by atoms with Crippen LogP contribution in [0.4, 0.5) is 5.69 Å². The van der Waals surface area contributed by atoms with Gasteiger partial charge in [-0.2, -0.15) is 0 Å². The molecule has 0 aliphatic rings. The quantitative estimate of drug-likeness (QED) is 0.577. The number of amides is 1. The van der Waals surface area contributed by atoms with Crippen LogP contribution in [0.1, 0.15) is 13.8 Å². The van der Waals surface area contributed by atoms with Crippen molar-refractivity contribution in [2.45, 2.75) is 13.8 Å². The van der Waals surface area contributed by atoms with E-state index in [9.17, 15) is 9.59 Å². The zero-order chi connectivity index (χ0) is 11.3. The fraction of sp³-hybridized carbons (Fsp3) is 0.273. The van der Waals surface area contributed by atoms with E-state index in [4.69, 9.17) is 0 Å². The summed E-state index contributed by atoms with van der Waals surface area (Å²) in [6, 6.07) is 9.22. The molecule has 0 saturated carbocycles. The Balaban J connectivity index is 2.44. The maximum absolute atomic E-state index is 11.4. The smallest absolute Gasteiger partial charge is 0.248 e. The molecule has 4 nitrogen and oxygen atoms in total. The van der Waals surface area contributed by atoms with E-state index in [2.05, 4.69) is 10.9 Å². The van der Waals surface area contributed by atoms with Crippen molar-refractivity contribution < 1.29 is 9.59 Å². The van der Waals surface area contributed by atoms with Crippen molar-refractivity contribution in [1.82, 2.24) is 5.43 Å². The van der Waals surface area contributed by atoms with E-state index in [1.54, 1.807) is 6.92 Å². The molecule has 1 amide bonds. The summed E-state index contributed by atoms with van der Waals surface area (Å²) in [6.45, 7) is 2.97. The number of carbonyl (C=O) groups excluding carboxylic acids is 2. The number of anilines is 1. The normalized spacial score (nSPS) is 11.6. The van der Waals surface area contributed by atoms with Gasteiger partial charge in [0.15, 0.2) is 0 Å². The second-order valence-electron chi connectivity index (χ2n) is 3.31. The number of rotatable bonds is 4. The molecule has 0 aliphatic heterocycles. The van der Waals surface area contributed by atoms with Crippen molar-refractivity contribution in [3.05, 3.63) is 30.3 Å². The van der Waals surface area contributed by atoms with Gasteiger partial charge in [0.05, 0.1) is 11.6 Å². The lowest BCUT2D eigenvalue weighted by atomic mass is 10.1. The van der Waals surface area contributed by atoms with Gasteiger partial charge in [-0.3, -0.25) is 20.4 Å². The number of Topliss-reactive ketones (excluding diaryl/α,β-unsaturated/α-hetero) is 1. The first-order chi connectivity index (χ1) is 7.11. The first kappa shape index (κ1) is 11.2. The standard InChI is InChI=1S/C11H14N2O2/c1-8(9(2)14)11(15)13-12-10-6-4-3-5-7-10/h3-8,12H,1-2H3,(H,13,15). The molecule has 0 fully saturated rings. The van der Waals surface area contributed by atoms with E-state index in [1.165, 1.54) is 6.92 Å². The summed E-state index contributed by atoms with van der Waals surface area (Å²) in [6.07, 6.45) is 0. The van der Waals surface area contributed by atoms with E-state index in [-0.39, 0.29) is 11.7 Å². The van der Waals surface area contributed by atoms with Gasteiger partial charge < -0.3 is 0 Å². The maximum atomic E-state index is 11.4. The minimum atomic E-state index is -0.624. The fourth-order valence-electron chi connectivity index (χ4n) is 0.948. The summed E-state index contributed by atoms with van der Waals surface area (Å²) in [4.78, 5) is 22.3. The van der Waals surface area contributed by atoms with Gasteiger partial charge in [0.25, 0.3) is 0 Å². The minimum Gasteiger partial charge on any atom is -0.299 e. The van der Waals surface area contributed by atoms with Crippen LogP contribution in [0.25, 0.3) is 0 Å². The molecule has 4 heteroatoms. The van der Waals surface area contributed by atoms with Crippen molar-refractivity contribution in [3.63, 3.8) is 0 Å². The maximum Gasteiger partial charge on any atom is 0.248 e. The van der Waals surface area contributed by atoms with E-state index in [0.717, 1.165) is 5.69 Å². The van der Waals surface area contributed by atoms with Crippen molar-refractivity contribution in [1.29, 1.82) is 0 Å². The van der Waals surface area contributed by atoms with E-state index in [1.807, 2.05) is 30.3 Å². The van der Waals surface area contributed by atoms with Gasteiger partial charge in [0, 0.05) is 0 Å². The Hall–Kier alpha value is -1.84. The highest BCUT2D eigenvalue weighted by Gasteiger charge is 2.16. The van der Waals surface area contributed by atoms with Gasteiger partial charge in [0.2, 0.25) is 5.91 Å². The molecule has 1 aromatic rings. The number of hydrazine groups is 1. The van der Waals surface area contributed by atoms with Crippen LogP contribution >= 0.6 is 0 Å². The molecule has 1 rings (SSSR count). The molecule has 80 valence electrons. The molecule has 0 saturated heterocycles. The molecule has 0 bridgehead atoms. The largest absolute Gasteiger partial charge is 0.299 e. The summed E-state index contributed by atoms with van der Waals surface area (Å²) >= 11 is 0. The monoisotopic (exact) mass is 206 g/mol. The highest BCUT2D eigenvalue weighted by atomic mass is 16.2. The molecule has 15 heavy (non-hydrogen) atoms. The highest BCUT2D eigenvalue weighted by Crippen LogP contribution is 2.03. The number of para-hydroxylation sites is 1. The van der Waals surface area contributed by atoms with Crippen LogP contribution in [-0.2, 0) is 9.59 Å². The number of nitrogens with one attached hydrogen (secondary N) is 2. The molecular weight excluding hydrogens is 192 g/mol. The average Bonchev–Trinajstić information content (AvgIpc) is 2.26. The molecule has 2 N–H and O–H groups in total. The Bertz CT molecular complexity index is 349. The lowest BCUT2D eigenvalue weighted by Crippen LogP contribution is -2.36. The lowest BCUT2D eigenvalue weighted by molar-refractivity contribution is -0.131. The zero-order valence-electron chi connectivity index (χ0n) is 8.78. The molecule has 0 spiro atoms. The van der Waals surface area contributed by atoms with Crippen molar-refractivity contribution >= 4 is 17.4 Å². The van der Waals surface area contributed by atoms with Crippen LogP contribution in [0.5, 0.6) is 0 Å².